The van der Waals surface area contributed by atoms with Gasteiger partial charge in [0.2, 0.25) is 23.5 Å². The van der Waals surface area contributed by atoms with E-state index in [9.17, 15) is 28.8 Å². The molecule has 2 rings (SSSR count). The fourth-order valence-electron chi connectivity index (χ4n) is 5.57. The molecule has 4 atom stereocenters. The van der Waals surface area contributed by atoms with Crippen molar-refractivity contribution in [2.75, 3.05) is 19.6 Å². The van der Waals surface area contributed by atoms with Crippen molar-refractivity contribution < 1.29 is 28.8 Å². The number of likely N-dealkylation sites (N-methyl/N-ethyl adjacent to an activating group) is 1. The minimum absolute atomic E-state index is 0.179. The second-order valence-electron chi connectivity index (χ2n) is 13.1. The summed E-state index contributed by atoms with van der Waals surface area (Å²) in [7, 11) is 0. The van der Waals surface area contributed by atoms with Crippen LogP contribution in [0.25, 0.3) is 0 Å². The minimum atomic E-state index is -1.10. The van der Waals surface area contributed by atoms with Gasteiger partial charge in [-0.15, -0.1) is 0 Å². The third-order valence-corrected chi connectivity index (χ3v) is 8.30. The van der Waals surface area contributed by atoms with E-state index in [4.69, 9.17) is 5.73 Å². The van der Waals surface area contributed by atoms with Crippen LogP contribution in [-0.4, -0.2) is 89.0 Å². The zero-order chi connectivity index (χ0) is 31.8. The van der Waals surface area contributed by atoms with E-state index < -0.39 is 59.1 Å². The molecule has 1 saturated heterocycles. The lowest BCUT2D eigenvalue weighted by Crippen LogP contribution is -2.61. The number of primary amides is 1. The average molecular weight is 593 g/mol. The van der Waals surface area contributed by atoms with Crippen molar-refractivity contribution in [1.82, 2.24) is 25.8 Å². The monoisotopic (exact) mass is 592 g/mol. The smallest absolute Gasteiger partial charge is 0.316 e. The Morgan fingerprint density at radius 2 is 1.60 bits per heavy atom. The van der Waals surface area contributed by atoms with E-state index in [-0.39, 0.29) is 17.7 Å². The van der Waals surface area contributed by atoms with Crippen molar-refractivity contribution in [3.63, 3.8) is 0 Å². The summed E-state index contributed by atoms with van der Waals surface area (Å²) in [5, 5.41) is 8.25. The van der Waals surface area contributed by atoms with Gasteiger partial charge in [0.25, 0.3) is 5.91 Å². The summed E-state index contributed by atoms with van der Waals surface area (Å²) in [6.07, 6.45) is 4.96. The van der Waals surface area contributed by atoms with Crippen LogP contribution in [0.2, 0.25) is 0 Å². The second-order valence-corrected chi connectivity index (χ2v) is 13.1. The van der Waals surface area contributed by atoms with Crippen molar-refractivity contribution >= 4 is 35.4 Å². The Bertz CT molecular complexity index is 1000. The summed E-state index contributed by atoms with van der Waals surface area (Å²) < 4.78 is 0. The Morgan fingerprint density at radius 1 is 0.952 bits per heavy atom. The maximum atomic E-state index is 13.9. The third kappa shape index (κ3) is 9.16. The SMILES string of the molecule is CCCN(CC)C(=O)C(NC(=O)NC(C(=O)N1CCC[C@H]1C(=O)NC(CC1CCC1)C(=O)C(N)=O)C(C)(C)C)C(C)C. The van der Waals surface area contributed by atoms with Gasteiger partial charge in [-0.3, -0.25) is 24.0 Å². The molecule has 2 fully saturated rings. The molecule has 6 amide bonds. The van der Waals surface area contributed by atoms with Gasteiger partial charge in [0.1, 0.15) is 18.1 Å². The fourth-order valence-corrected chi connectivity index (χ4v) is 5.57. The van der Waals surface area contributed by atoms with Crippen LogP contribution >= 0.6 is 0 Å². The van der Waals surface area contributed by atoms with Crippen molar-refractivity contribution in [1.29, 1.82) is 0 Å². The second kappa shape index (κ2) is 15.3. The Labute approximate surface area is 250 Å². The normalized spacial score (nSPS) is 19.3. The molecule has 0 aromatic rings. The molecule has 5 N–H and O–H groups in total. The molecular weight excluding hydrogens is 540 g/mol. The number of carbonyl (C=O) groups is 6. The Morgan fingerprint density at radius 3 is 2.07 bits per heavy atom. The molecule has 42 heavy (non-hydrogen) atoms. The Kier molecular flexibility index (Phi) is 12.8. The topological polar surface area (TPSA) is 171 Å². The molecule has 3 unspecified atom stereocenters. The molecule has 238 valence electrons. The number of amides is 6. The van der Waals surface area contributed by atoms with E-state index in [1.54, 1.807) is 4.90 Å². The van der Waals surface area contributed by atoms with E-state index in [2.05, 4.69) is 16.0 Å². The highest BCUT2D eigenvalue weighted by molar-refractivity contribution is 6.37. The predicted molar refractivity (Wildman–Crippen MR) is 159 cm³/mol. The highest BCUT2D eigenvalue weighted by Gasteiger charge is 2.43. The molecular formula is C30H52N6O6. The van der Waals surface area contributed by atoms with Gasteiger partial charge in [0.05, 0.1) is 6.04 Å². The molecule has 1 aliphatic heterocycles. The first-order valence-corrected chi connectivity index (χ1v) is 15.4. The van der Waals surface area contributed by atoms with Crippen LogP contribution in [0.15, 0.2) is 0 Å². The summed E-state index contributed by atoms with van der Waals surface area (Å²) in [6, 6.07) is -4.29. The van der Waals surface area contributed by atoms with Crippen LogP contribution in [0.5, 0.6) is 0 Å². The van der Waals surface area contributed by atoms with Gasteiger partial charge in [0, 0.05) is 19.6 Å². The molecule has 1 heterocycles. The molecule has 2 aliphatic rings. The zero-order valence-electron chi connectivity index (χ0n) is 26.5. The molecule has 12 heteroatoms. The molecule has 0 aromatic carbocycles. The molecule has 12 nitrogen and oxygen atoms in total. The molecule has 1 saturated carbocycles. The molecule has 0 radical (unpaired) electrons. The van der Waals surface area contributed by atoms with Crippen molar-refractivity contribution in [3.8, 4) is 0 Å². The van der Waals surface area contributed by atoms with Gasteiger partial charge in [-0.1, -0.05) is 60.8 Å². The van der Waals surface area contributed by atoms with Crippen LogP contribution < -0.4 is 21.7 Å². The molecule has 0 bridgehead atoms. The first kappa shape index (κ1) is 35.0. The summed E-state index contributed by atoms with van der Waals surface area (Å²) in [5.41, 5.74) is 4.53. The number of urea groups is 1. The maximum Gasteiger partial charge on any atom is 0.316 e. The zero-order valence-corrected chi connectivity index (χ0v) is 26.5. The maximum absolute atomic E-state index is 13.9. The van der Waals surface area contributed by atoms with Gasteiger partial charge in [-0.05, 0) is 49.9 Å². The standard InChI is InChI=1S/C30H52N6O6/c1-8-15-35(9-2)27(40)22(18(3)4)33-29(42)34-24(30(5,6)7)28(41)36-16-11-14-21(36)26(39)32-20(23(37)25(31)38)17-19-12-10-13-19/h18-22,24H,8-17H2,1-7H3,(H2,31,38)(H,32,39)(H2,33,34,42)/t20?,21-,22?,24?/m0/s1. The first-order valence-electron chi connectivity index (χ1n) is 15.4. The summed E-state index contributed by atoms with van der Waals surface area (Å²) in [5.74, 6) is -3.01. The van der Waals surface area contributed by atoms with Crippen molar-refractivity contribution in [3.05, 3.63) is 0 Å². The van der Waals surface area contributed by atoms with E-state index in [0.717, 1.165) is 25.7 Å². The van der Waals surface area contributed by atoms with Gasteiger partial charge in [-0.2, -0.15) is 0 Å². The van der Waals surface area contributed by atoms with E-state index in [1.807, 2.05) is 48.5 Å². The predicted octanol–water partition coefficient (Wildman–Crippen LogP) is 1.70. The van der Waals surface area contributed by atoms with Crippen LogP contribution in [0, 0.1) is 17.3 Å². The quantitative estimate of drug-likeness (QED) is 0.224. The van der Waals surface area contributed by atoms with Crippen LogP contribution in [-0.2, 0) is 24.0 Å². The number of Topliss-reactive ketones (excluding diaryl/α,β-unsaturated/α-hetero) is 1. The number of nitrogens with one attached hydrogen (secondary N) is 3. The lowest BCUT2D eigenvalue weighted by Gasteiger charge is -2.36. The minimum Gasteiger partial charge on any atom is -0.363 e. The molecule has 0 spiro atoms. The van der Waals surface area contributed by atoms with E-state index >= 15 is 0 Å². The number of carbonyl (C=O) groups excluding carboxylic acids is 6. The largest absolute Gasteiger partial charge is 0.363 e. The van der Waals surface area contributed by atoms with Crippen LogP contribution in [0.1, 0.15) is 93.4 Å². The number of nitrogens with zero attached hydrogens (tertiary/aromatic N) is 2. The third-order valence-electron chi connectivity index (χ3n) is 8.30. The first-order chi connectivity index (χ1) is 19.6. The number of rotatable bonds is 14. The van der Waals surface area contributed by atoms with Crippen molar-refractivity contribution in [2.24, 2.45) is 23.0 Å². The lowest BCUT2D eigenvalue weighted by molar-refractivity contribution is -0.143. The Balaban J connectivity index is 2.18. The number of hydrogen-bond donors (Lipinski definition) is 4. The highest BCUT2D eigenvalue weighted by Crippen LogP contribution is 2.31. The van der Waals surface area contributed by atoms with Gasteiger partial charge >= 0.3 is 6.03 Å². The van der Waals surface area contributed by atoms with Gasteiger partial charge < -0.3 is 31.5 Å². The summed E-state index contributed by atoms with van der Waals surface area (Å²) in [4.78, 5) is 80.9. The van der Waals surface area contributed by atoms with E-state index in [1.165, 1.54) is 4.90 Å². The van der Waals surface area contributed by atoms with E-state index in [0.29, 0.717) is 38.9 Å². The summed E-state index contributed by atoms with van der Waals surface area (Å²) >= 11 is 0. The van der Waals surface area contributed by atoms with Gasteiger partial charge in [0.15, 0.2) is 0 Å². The summed E-state index contributed by atoms with van der Waals surface area (Å²) in [6.45, 7) is 14.4. The Hall–Kier alpha value is -3.18. The van der Waals surface area contributed by atoms with Crippen LogP contribution in [0.3, 0.4) is 0 Å². The number of likely N-dealkylation sites (tertiary alicyclic amines) is 1. The van der Waals surface area contributed by atoms with Crippen molar-refractivity contribution in [2.45, 2.75) is 118 Å². The van der Waals surface area contributed by atoms with Crippen LogP contribution in [0.4, 0.5) is 4.79 Å². The fraction of sp³-hybridized carbons (Fsp3) is 0.800. The van der Waals surface area contributed by atoms with Gasteiger partial charge in [-0.25, -0.2) is 4.79 Å². The molecule has 0 aromatic heterocycles. The number of hydrogen-bond acceptors (Lipinski definition) is 6. The lowest BCUT2D eigenvalue weighted by atomic mass is 9.80. The number of nitrogens with two attached hydrogens (primary N) is 1. The molecule has 1 aliphatic carbocycles. The highest BCUT2D eigenvalue weighted by atomic mass is 16.2. The number of ketones is 1. The average Bonchev–Trinajstić information content (AvgIpc) is 3.38.